The highest BCUT2D eigenvalue weighted by atomic mass is 31.2. The van der Waals surface area contributed by atoms with Gasteiger partial charge < -0.3 is 18.9 Å². The summed E-state index contributed by atoms with van der Waals surface area (Å²) >= 11 is 0. The van der Waals surface area contributed by atoms with E-state index in [-0.39, 0.29) is 32.0 Å². The molecule has 466 valence electrons. The molecule has 2 atom stereocenters. The van der Waals surface area contributed by atoms with Gasteiger partial charge in [-0.15, -0.1) is 0 Å². The molecule has 0 amide bonds. The Morgan fingerprint density at radius 2 is 0.713 bits per heavy atom. The highest BCUT2D eigenvalue weighted by Crippen LogP contribution is 2.43. The number of rotatable bonds is 62. The van der Waals surface area contributed by atoms with Crippen molar-refractivity contribution in [2.75, 3.05) is 47.5 Å². The molecule has 0 aromatic rings. The fourth-order valence-corrected chi connectivity index (χ4v) is 10.3. The van der Waals surface area contributed by atoms with Crippen LogP contribution in [0.1, 0.15) is 309 Å². The molecule has 2 unspecified atom stereocenters. The average Bonchev–Trinajstić information content (AvgIpc) is 3.42. The third-order valence-electron chi connectivity index (χ3n) is 14.7. The zero-order valence-electron chi connectivity index (χ0n) is 53.1. The number of phosphoric acid groups is 1. The molecule has 80 heavy (non-hydrogen) atoms. The van der Waals surface area contributed by atoms with Crippen LogP contribution in [0.25, 0.3) is 0 Å². The van der Waals surface area contributed by atoms with Crippen molar-refractivity contribution in [3.63, 3.8) is 0 Å². The molecule has 0 aromatic carbocycles. The van der Waals surface area contributed by atoms with Crippen molar-refractivity contribution in [2.45, 2.75) is 315 Å². The van der Waals surface area contributed by atoms with E-state index in [9.17, 15) is 19.0 Å². The van der Waals surface area contributed by atoms with Gasteiger partial charge in [-0.1, -0.05) is 286 Å². The molecule has 1 N–H and O–H groups in total. The van der Waals surface area contributed by atoms with E-state index in [1.165, 1.54) is 205 Å². The van der Waals surface area contributed by atoms with E-state index in [1.54, 1.807) is 0 Å². The van der Waals surface area contributed by atoms with Crippen molar-refractivity contribution in [3.05, 3.63) is 72.9 Å². The second-order valence-electron chi connectivity index (χ2n) is 23.8. The molecule has 0 bridgehead atoms. The van der Waals surface area contributed by atoms with Crippen molar-refractivity contribution >= 4 is 19.8 Å². The Morgan fingerprint density at radius 1 is 0.400 bits per heavy atom. The van der Waals surface area contributed by atoms with E-state index in [0.29, 0.717) is 17.4 Å². The van der Waals surface area contributed by atoms with Crippen LogP contribution < -0.4 is 0 Å². The lowest BCUT2D eigenvalue weighted by Crippen LogP contribution is -2.37. The van der Waals surface area contributed by atoms with Gasteiger partial charge in [0.2, 0.25) is 0 Å². The zero-order valence-corrected chi connectivity index (χ0v) is 54.0. The largest absolute Gasteiger partial charge is 0.472 e. The third-order valence-corrected chi connectivity index (χ3v) is 15.7. The minimum atomic E-state index is -4.39. The molecule has 9 nitrogen and oxygen atoms in total. The van der Waals surface area contributed by atoms with Crippen LogP contribution in [-0.2, 0) is 32.7 Å². The number of phosphoric ester groups is 1. The first kappa shape index (κ1) is 77.5. The van der Waals surface area contributed by atoms with Crippen LogP contribution in [0.15, 0.2) is 72.9 Å². The van der Waals surface area contributed by atoms with Crippen molar-refractivity contribution in [2.24, 2.45) is 0 Å². The molecule has 10 heteroatoms. The number of allylic oxidation sites excluding steroid dienone is 12. The maximum atomic E-state index is 12.9. The summed E-state index contributed by atoms with van der Waals surface area (Å²) in [6, 6.07) is 0. The number of ether oxygens (including phenoxy) is 2. The van der Waals surface area contributed by atoms with Crippen LogP contribution in [0.2, 0.25) is 0 Å². The van der Waals surface area contributed by atoms with E-state index in [0.717, 1.165) is 70.6 Å². The molecule has 0 rings (SSSR count). The van der Waals surface area contributed by atoms with E-state index in [4.69, 9.17) is 18.5 Å². The number of hydrogen-bond donors (Lipinski definition) is 1. The standard InChI is InChI=1S/C70H128NO8P/c1-6-8-10-12-14-16-18-20-22-24-26-28-30-32-33-34-35-36-37-39-40-42-44-46-48-50-52-54-56-58-60-62-69(72)76-66-68(67-78-80(74,75)77-65-64-71(3,4)5)79-70(73)63-61-59-57-55-53-51-49-47-45-43-41-38-31-29-27-25-23-21-19-17-15-13-11-9-7-2/h9,11,15,17-18,20-21,23-24,26-27,29,68H,6-8,10,12-14,16,19,22,25,28,30-67H2,1-5H3/p+1/b11-9-,17-15-,20-18-,23-21-,26-24-,29-27-. The Bertz CT molecular complexity index is 1580. The summed E-state index contributed by atoms with van der Waals surface area (Å²) in [6.07, 6.45) is 81.4. The average molecular weight is 1140 g/mol. The molecule has 0 aromatic heterocycles. The number of quaternary nitrogens is 1. The van der Waals surface area contributed by atoms with Gasteiger partial charge in [-0.3, -0.25) is 18.6 Å². The van der Waals surface area contributed by atoms with Gasteiger partial charge in [0.1, 0.15) is 19.8 Å². The lowest BCUT2D eigenvalue weighted by atomic mass is 10.0. The topological polar surface area (TPSA) is 108 Å². The summed E-state index contributed by atoms with van der Waals surface area (Å²) in [7, 11) is 1.48. The van der Waals surface area contributed by atoms with E-state index >= 15 is 0 Å². The van der Waals surface area contributed by atoms with E-state index in [1.807, 2.05) is 21.1 Å². The summed E-state index contributed by atoms with van der Waals surface area (Å²) in [6.45, 7) is 4.35. The number of hydrogen-bond acceptors (Lipinski definition) is 7. The van der Waals surface area contributed by atoms with Crippen LogP contribution in [0.5, 0.6) is 0 Å². The van der Waals surface area contributed by atoms with E-state index in [2.05, 4.69) is 86.8 Å². The molecule has 0 heterocycles. The Balaban J connectivity index is 4.04. The number of carbonyl (C=O) groups excluding carboxylic acids is 2. The van der Waals surface area contributed by atoms with Gasteiger partial charge in [0, 0.05) is 12.8 Å². The highest BCUT2D eigenvalue weighted by molar-refractivity contribution is 7.47. The molecule has 0 radical (unpaired) electrons. The van der Waals surface area contributed by atoms with Crippen molar-refractivity contribution < 1.29 is 42.1 Å². The van der Waals surface area contributed by atoms with Crippen LogP contribution in [-0.4, -0.2) is 74.9 Å². The van der Waals surface area contributed by atoms with Crippen LogP contribution >= 0.6 is 7.82 Å². The molecule has 0 fully saturated rings. The molecule has 0 aliphatic rings. The molecule has 0 aliphatic carbocycles. The number of nitrogens with zero attached hydrogens (tertiary/aromatic N) is 1. The molecular formula is C70H129NO8P+. The van der Waals surface area contributed by atoms with Gasteiger partial charge in [0.15, 0.2) is 6.10 Å². The smallest absolute Gasteiger partial charge is 0.462 e. The number of carbonyl (C=O) groups is 2. The summed E-state index contributed by atoms with van der Waals surface area (Å²) < 4.78 is 34.7. The van der Waals surface area contributed by atoms with E-state index < -0.39 is 26.5 Å². The number of unbranched alkanes of at least 4 members (excludes halogenated alkanes) is 36. The molecule has 0 aliphatic heterocycles. The van der Waals surface area contributed by atoms with Crippen molar-refractivity contribution in [1.29, 1.82) is 0 Å². The summed E-state index contributed by atoms with van der Waals surface area (Å²) in [5.41, 5.74) is 0. The van der Waals surface area contributed by atoms with Crippen LogP contribution in [0, 0.1) is 0 Å². The van der Waals surface area contributed by atoms with Crippen molar-refractivity contribution in [3.8, 4) is 0 Å². The fraction of sp³-hybridized carbons (Fsp3) is 0.800. The molecular weight excluding hydrogens is 1010 g/mol. The van der Waals surface area contributed by atoms with Crippen LogP contribution in [0.3, 0.4) is 0 Å². The predicted molar refractivity (Wildman–Crippen MR) is 344 cm³/mol. The third kappa shape index (κ3) is 64.6. The Kier molecular flexibility index (Phi) is 59.1. The Morgan fingerprint density at radius 3 is 1.06 bits per heavy atom. The maximum Gasteiger partial charge on any atom is 0.472 e. The molecule has 0 saturated heterocycles. The lowest BCUT2D eigenvalue weighted by molar-refractivity contribution is -0.870. The normalized spacial score (nSPS) is 13.6. The Labute approximate surface area is 495 Å². The zero-order chi connectivity index (χ0) is 58.4. The predicted octanol–water partition coefficient (Wildman–Crippen LogP) is 21.6. The maximum absolute atomic E-state index is 12.9. The number of likely N-dealkylation sites (N-methyl/N-ethyl adjacent to an activating group) is 1. The summed E-state index contributed by atoms with van der Waals surface area (Å²) in [4.78, 5) is 35.8. The van der Waals surface area contributed by atoms with Gasteiger partial charge in [-0.25, -0.2) is 4.57 Å². The molecule has 0 spiro atoms. The lowest BCUT2D eigenvalue weighted by Gasteiger charge is -2.24. The minimum absolute atomic E-state index is 0.0305. The Hall–Kier alpha value is -2.55. The van der Waals surface area contributed by atoms with Gasteiger partial charge >= 0.3 is 19.8 Å². The fourth-order valence-electron chi connectivity index (χ4n) is 9.57. The summed E-state index contributed by atoms with van der Waals surface area (Å²) in [5.74, 6) is -0.789. The quantitative estimate of drug-likeness (QED) is 0.0211. The minimum Gasteiger partial charge on any atom is -0.462 e. The second kappa shape index (κ2) is 61.0. The van der Waals surface area contributed by atoms with Gasteiger partial charge in [-0.05, 0) is 83.5 Å². The highest BCUT2D eigenvalue weighted by Gasteiger charge is 2.27. The SMILES string of the molecule is CC/C=C\C/C=C\C/C=C\C/C=C\CCCCCCCCCCCCCCC(=O)OC(COC(=O)CCCCCCCCCCCCCCCCCCCCC/C=C\C/C=C\CCCCCCC)COP(=O)(O)OCC[N+](C)(C)C. The summed E-state index contributed by atoms with van der Waals surface area (Å²) in [5, 5.41) is 0. The first-order valence-corrected chi connectivity index (χ1v) is 35.2. The first-order valence-electron chi connectivity index (χ1n) is 33.7. The molecule has 0 saturated carbocycles. The second-order valence-corrected chi connectivity index (χ2v) is 25.3. The number of esters is 2. The van der Waals surface area contributed by atoms with Gasteiger partial charge in [0.05, 0.1) is 27.7 Å². The first-order chi connectivity index (χ1) is 39.0. The monoisotopic (exact) mass is 1140 g/mol. The van der Waals surface area contributed by atoms with Crippen molar-refractivity contribution in [1.82, 2.24) is 0 Å². The van der Waals surface area contributed by atoms with Gasteiger partial charge in [0.25, 0.3) is 0 Å². The van der Waals surface area contributed by atoms with Gasteiger partial charge in [-0.2, -0.15) is 0 Å². The van der Waals surface area contributed by atoms with Crippen LogP contribution in [0.4, 0.5) is 0 Å².